The van der Waals surface area contributed by atoms with Crippen LogP contribution in [-0.4, -0.2) is 15.0 Å². The molecule has 0 amide bonds. The number of thiophene rings is 1. The Balaban J connectivity index is 1.03. The highest BCUT2D eigenvalue weighted by Gasteiger charge is 2.21. The van der Waals surface area contributed by atoms with Crippen LogP contribution in [0.3, 0.4) is 0 Å². The van der Waals surface area contributed by atoms with Crippen LogP contribution < -0.4 is 0 Å². The summed E-state index contributed by atoms with van der Waals surface area (Å²) in [5.74, 6) is 1.84. The fraction of sp³-hybridized carbons (Fsp3) is 0. The third-order valence-corrected chi connectivity index (χ3v) is 12.2. The van der Waals surface area contributed by atoms with Gasteiger partial charge in [-0.15, -0.1) is 11.3 Å². The maximum Gasteiger partial charge on any atom is 0.164 e. The molecule has 0 aliphatic heterocycles. The molecule has 0 aliphatic rings. The predicted octanol–water partition coefficient (Wildman–Crippen LogP) is 14.4. The first-order chi connectivity index (χ1) is 28.2. The summed E-state index contributed by atoms with van der Waals surface area (Å²) in [6.07, 6.45) is 0. The van der Waals surface area contributed by atoms with E-state index in [0.717, 1.165) is 77.3 Å². The van der Waals surface area contributed by atoms with Gasteiger partial charge in [-0.1, -0.05) is 140 Å². The van der Waals surface area contributed by atoms with Crippen LogP contribution in [0.2, 0.25) is 0 Å². The van der Waals surface area contributed by atoms with Crippen LogP contribution in [-0.2, 0) is 0 Å². The van der Waals surface area contributed by atoms with E-state index in [1.165, 1.54) is 25.7 Å². The Kier molecular flexibility index (Phi) is 7.03. The number of fused-ring (bicyclic) bond motifs is 9. The Bertz CT molecular complexity index is 3470. The van der Waals surface area contributed by atoms with E-state index in [0.29, 0.717) is 17.5 Å². The van der Waals surface area contributed by atoms with Crippen molar-refractivity contribution >= 4 is 75.4 Å². The van der Waals surface area contributed by atoms with E-state index in [1.807, 2.05) is 84.1 Å². The summed E-state index contributed by atoms with van der Waals surface area (Å²) in [7, 11) is 0. The first-order valence-electron chi connectivity index (χ1n) is 18.9. The predicted molar refractivity (Wildman–Crippen MR) is 234 cm³/mol. The molecule has 12 rings (SSSR count). The molecule has 6 heteroatoms. The van der Waals surface area contributed by atoms with Gasteiger partial charge in [-0.25, -0.2) is 15.0 Å². The van der Waals surface area contributed by atoms with Gasteiger partial charge in [-0.2, -0.15) is 0 Å². The zero-order valence-electron chi connectivity index (χ0n) is 30.3. The van der Waals surface area contributed by atoms with E-state index in [1.54, 1.807) is 0 Å². The van der Waals surface area contributed by atoms with E-state index in [9.17, 15) is 0 Å². The van der Waals surface area contributed by atoms with Gasteiger partial charge in [0.2, 0.25) is 0 Å². The molecule has 0 fully saturated rings. The number of aromatic nitrogens is 3. The molecule has 8 aromatic carbocycles. The van der Waals surface area contributed by atoms with E-state index < -0.39 is 0 Å². The molecule has 0 spiro atoms. The number of nitrogens with zero attached hydrogens (tertiary/aromatic N) is 3. The molecule has 0 atom stereocenters. The maximum absolute atomic E-state index is 6.88. The summed E-state index contributed by atoms with van der Waals surface area (Å²) in [4.78, 5) is 14.8. The fourth-order valence-corrected chi connectivity index (χ4v) is 9.53. The Morgan fingerprint density at radius 1 is 0.351 bits per heavy atom. The summed E-state index contributed by atoms with van der Waals surface area (Å²) >= 11 is 1.84. The van der Waals surface area contributed by atoms with E-state index >= 15 is 0 Å². The number of para-hydroxylation sites is 2. The summed E-state index contributed by atoms with van der Waals surface area (Å²) in [6, 6.07) is 60.9. The first-order valence-corrected chi connectivity index (χ1v) is 19.7. The molecule has 4 heterocycles. The highest BCUT2D eigenvalue weighted by molar-refractivity contribution is 7.26. The summed E-state index contributed by atoms with van der Waals surface area (Å²) in [5.41, 5.74) is 10.7. The molecule has 57 heavy (non-hydrogen) atoms. The molecular formula is C51H29N3O2S. The molecule has 5 nitrogen and oxygen atoms in total. The van der Waals surface area contributed by atoms with Crippen molar-refractivity contribution in [3.63, 3.8) is 0 Å². The third kappa shape index (κ3) is 5.12. The normalized spacial score (nSPS) is 11.9. The first kappa shape index (κ1) is 31.9. The van der Waals surface area contributed by atoms with Crippen LogP contribution in [0.5, 0.6) is 0 Å². The second kappa shape index (κ2) is 12.6. The lowest BCUT2D eigenvalue weighted by Gasteiger charge is -2.10. The molecule has 0 aliphatic carbocycles. The number of benzene rings is 8. The lowest BCUT2D eigenvalue weighted by atomic mass is 9.93. The molecule has 0 unspecified atom stereocenters. The molecule has 4 aromatic heterocycles. The minimum absolute atomic E-state index is 0.592. The van der Waals surface area contributed by atoms with E-state index in [2.05, 4.69) is 103 Å². The lowest BCUT2D eigenvalue weighted by Crippen LogP contribution is -2.00. The quantitative estimate of drug-likeness (QED) is 0.175. The van der Waals surface area contributed by atoms with Crippen LogP contribution in [0.25, 0.3) is 120 Å². The number of hydrogen-bond donors (Lipinski definition) is 0. The van der Waals surface area contributed by atoms with Gasteiger partial charge in [0.05, 0.1) is 0 Å². The van der Waals surface area contributed by atoms with Crippen LogP contribution >= 0.6 is 11.3 Å². The Morgan fingerprint density at radius 2 is 0.965 bits per heavy atom. The molecule has 12 aromatic rings. The second-order valence-corrected chi connectivity index (χ2v) is 15.4. The topological polar surface area (TPSA) is 65.0 Å². The Hall–Kier alpha value is -7.41. The monoisotopic (exact) mass is 747 g/mol. The summed E-state index contributed by atoms with van der Waals surface area (Å²) in [6.45, 7) is 0. The SMILES string of the molecule is c1ccc(-c2nc(-c3ccccc3)nc(-c3ccc4c(c3)oc3c(-c5ccc(-c6ccc7oc8ccccc8c7c6)c6sc7ccccc7c56)cccc34)n2)cc1. The van der Waals surface area contributed by atoms with Crippen LogP contribution in [0.4, 0.5) is 0 Å². The number of furan rings is 2. The minimum Gasteiger partial charge on any atom is -0.456 e. The highest BCUT2D eigenvalue weighted by atomic mass is 32.1. The van der Waals surface area contributed by atoms with Crippen LogP contribution in [0.15, 0.2) is 185 Å². The lowest BCUT2D eigenvalue weighted by molar-refractivity contribution is 0.669. The molecule has 0 bridgehead atoms. The summed E-state index contributed by atoms with van der Waals surface area (Å²) in [5, 5.41) is 6.82. The molecule has 0 saturated heterocycles. The summed E-state index contributed by atoms with van der Waals surface area (Å²) < 4.78 is 15.6. The molecule has 266 valence electrons. The third-order valence-electron chi connectivity index (χ3n) is 11.0. The number of hydrogen-bond acceptors (Lipinski definition) is 6. The standard InChI is InChI=1S/C51H29N3O2S/c1-3-12-30(13-4-1)49-52-50(31-14-5-2-6-15-31)54-51(53-49)33-22-24-36-38-18-11-19-39(47(38)56-44(36)29-33)37-26-25-34(48-46(37)40-17-8-10-21-45(40)57-48)32-23-27-43-41(28-32)35-16-7-9-20-42(35)55-43/h1-29H. The zero-order valence-corrected chi connectivity index (χ0v) is 31.1. The zero-order chi connectivity index (χ0) is 37.5. The molecule has 0 N–H and O–H groups in total. The van der Waals surface area contributed by atoms with Crippen molar-refractivity contribution in [3.8, 4) is 56.4 Å². The average molecular weight is 748 g/mol. The molecular weight excluding hydrogens is 719 g/mol. The molecule has 0 radical (unpaired) electrons. The smallest absolute Gasteiger partial charge is 0.164 e. The number of rotatable bonds is 5. The largest absolute Gasteiger partial charge is 0.456 e. The van der Waals surface area contributed by atoms with Gasteiger partial charge in [-0.3, -0.25) is 0 Å². The van der Waals surface area contributed by atoms with Crippen molar-refractivity contribution in [2.75, 3.05) is 0 Å². The molecule has 0 saturated carbocycles. The maximum atomic E-state index is 6.88. The van der Waals surface area contributed by atoms with E-state index in [-0.39, 0.29) is 0 Å². The minimum atomic E-state index is 0.592. The van der Waals surface area contributed by atoms with Crippen molar-refractivity contribution in [1.29, 1.82) is 0 Å². The van der Waals surface area contributed by atoms with Gasteiger partial charge in [0.25, 0.3) is 0 Å². The van der Waals surface area contributed by atoms with Crippen LogP contribution in [0, 0.1) is 0 Å². The van der Waals surface area contributed by atoms with Crippen molar-refractivity contribution in [3.05, 3.63) is 176 Å². The van der Waals surface area contributed by atoms with Gasteiger partial charge in [0.15, 0.2) is 17.5 Å². The van der Waals surface area contributed by atoms with Crippen molar-refractivity contribution in [2.24, 2.45) is 0 Å². The van der Waals surface area contributed by atoms with Gasteiger partial charge in [0.1, 0.15) is 22.3 Å². The van der Waals surface area contributed by atoms with Gasteiger partial charge in [-0.05, 0) is 53.1 Å². The van der Waals surface area contributed by atoms with Gasteiger partial charge >= 0.3 is 0 Å². The van der Waals surface area contributed by atoms with E-state index in [4.69, 9.17) is 23.8 Å². The van der Waals surface area contributed by atoms with Crippen molar-refractivity contribution < 1.29 is 8.83 Å². The van der Waals surface area contributed by atoms with Crippen molar-refractivity contribution in [1.82, 2.24) is 15.0 Å². The van der Waals surface area contributed by atoms with Crippen molar-refractivity contribution in [2.45, 2.75) is 0 Å². The highest BCUT2D eigenvalue weighted by Crippen LogP contribution is 2.47. The average Bonchev–Trinajstić information content (AvgIpc) is 3.98. The second-order valence-electron chi connectivity index (χ2n) is 14.3. The van der Waals surface area contributed by atoms with Gasteiger partial charge in [0, 0.05) is 64.0 Å². The fourth-order valence-electron chi connectivity index (χ4n) is 8.26. The van der Waals surface area contributed by atoms with Crippen LogP contribution in [0.1, 0.15) is 0 Å². The Labute approximate surface area is 330 Å². The Morgan fingerprint density at radius 3 is 1.75 bits per heavy atom. The van der Waals surface area contributed by atoms with Gasteiger partial charge < -0.3 is 8.83 Å².